The van der Waals surface area contributed by atoms with Crippen LogP contribution in [0.3, 0.4) is 0 Å². The number of amides is 1. The molecule has 1 N–H and O–H groups in total. The van der Waals surface area contributed by atoms with Crippen molar-refractivity contribution in [2.45, 2.75) is 33.1 Å². The molecule has 1 amide bonds. The van der Waals surface area contributed by atoms with Crippen LogP contribution in [0.5, 0.6) is 0 Å². The van der Waals surface area contributed by atoms with Crippen molar-refractivity contribution in [2.24, 2.45) is 0 Å². The number of thiophene rings is 1. The minimum absolute atomic E-state index is 0.0903. The Kier molecular flexibility index (Phi) is 4.08. The summed E-state index contributed by atoms with van der Waals surface area (Å²) in [5.41, 5.74) is 1.08. The number of carbonyl (C=O) groups excluding carboxylic acids is 1. The largest absolute Gasteiger partial charge is 0.296 e. The van der Waals surface area contributed by atoms with Crippen LogP contribution in [-0.2, 0) is 6.42 Å². The van der Waals surface area contributed by atoms with Gasteiger partial charge in [-0.05, 0) is 29.3 Å². The maximum absolute atomic E-state index is 12.1. The van der Waals surface area contributed by atoms with Gasteiger partial charge in [-0.15, -0.1) is 21.5 Å². The Bertz CT molecular complexity index is 545. The molecule has 0 unspecified atom stereocenters. The van der Waals surface area contributed by atoms with Crippen molar-refractivity contribution in [2.75, 3.05) is 5.32 Å². The molecule has 6 heteroatoms. The molecule has 0 aliphatic carbocycles. The van der Waals surface area contributed by atoms with Gasteiger partial charge in [0.2, 0.25) is 5.13 Å². The van der Waals surface area contributed by atoms with Crippen molar-refractivity contribution in [3.05, 3.63) is 26.9 Å². The highest BCUT2D eigenvalue weighted by molar-refractivity contribution is 7.15. The Balaban J connectivity index is 2.14. The Morgan fingerprint density at radius 3 is 2.83 bits per heavy atom. The number of hydrogen-bond acceptors (Lipinski definition) is 5. The van der Waals surface area contributed by atoms with Crippen LogP contribution >= 0.6 is 22.7 Å². The second kappa shape index (κ2) is 5.58. The summed E-state index contributed by atoms with van der Waals surface area (Å²) < 4.78 is 0. The summed E-state index contributed by atoms with van der Waals surface area (Å²) in [7, 11) is 0. The van der Waals surface area contributed by atoms with Gasteiger partial charge in [-0.25, -0.2) is 0 Å². The number of carbonyl (C=O) groups is 1. The third-order valence-electron chi connectivity index (χ3n) is 2.51. The monoisotopic (exact) mass is 281 g/mol. The fourth-order valence-electron chi connectivity index (χ4n) is 1.56. The zero-order chi connectivity index (χ0) is 13.1. The molecular formula is C12H15N3OS2. The first kappa shape index (κ1) is 13.2. The van der Waals surface area contributed by atoms with Gasteiger partial charge in [0.05, 0.1) is 4.88 Å². The lowest BCUT2D eigenvalue weighted by molar-refractivity contribution is 0.102. The van der Waals surface area contributed by atoms with Crippen LogP contribution in [0, 0.1) is 0 Å². The van der Waals surface area contributed by atoms with Crippen molar-refractivity contribution >= 4 is 33.7 Å². The number of aryl methyl sites for hydroxylation is 1. The molecular weight excluding hydrogens is 266 g/mol. The Morgan fingerprint density at radius 1 is 1.44 bits per heavy atom. The summed E-state index contributed by atoms with van der Waals surface area (Å²) in [6.45, 7) is 6.18. The zero-order valence-electron chi connectivity index (χ0n) is 10.6. The maximum atomic E-state index is 12.1. The van der Waals surface area contributed by atoms with Crippen LogP contribution in [0.15, 0.2) is 11.4 Å². The highest BCUT2D eigenvalue weighted by atomic mass is 32.1. The van der Waals surface area contributed by atoms with E-state index in [2.05, 4.69) is 29.4 Å². The average Bonchev–Trinajstić information content (AvgIpc) is 2.96. The zero-order valence-corrected chi connectivity index (χ0v) is 12.2. The van der Waals surface area contributed by atoms with Crippen molar-refractivity contribution in [1.82, 2.24) is 10.2 Å². The van der Waals surface area contributed by atoms with Gasteiger partial charge in [0.25, 0.3) is 5.91 Å². The lowest BCUT2D eigenvalue weighted by Gasteiger charge is -2.05. The van der Waals surface area contributed by atoms with E-state index >= 15 is 0 Å². The Morgan fingerprint density at radius 2 is 2.22 bits per heavy atom. The van der Waals surface area contributed by atoms with Crippen LogP contribution in [-0.4, -0.2) is 16.1 Å². The van der Waals surface area contributed by atoms with E-state index in [0.29, 0.717) is 11.0 Å². The lowest BCUT2D eigenvalue weighted by atomic mass is 10.0. The number of rotatable bonds is 4. The molecule has 96 valence electrons. The van der Waals surface area contributed by atoms with Gasteiger partial charge in [-0.1, -0.05) is 32.1 Å². The minimum atomic E-state index is -0.0903. The van der Waals surface area contributed by atoms with E-state index in [-0.39, 0.29) is 5.91 Å². The van der Waals surface area contributed by atoms with E-state index in [9.17, 15) is 4.79 Å². The number of hydrogen-bond donors (Lipinski definition) is 1. The Hall–Kier alpha value is -1.27. The Labute approximate surface area is 114 Å². The molecule has 2 aromatic rings. The molecule has 0 spiro atoms. The molecule has 0 radical (unpaired) electrons. The number of nitrogens with zero attached hydrogens (tertiary/aromatic N) is 2. The van der Waals surface area contributed by atoms with Crippen LogP contribution in [0.4, 0.5) is 5.13 Å². The summed E-state index contributed by atoms with van der Waals surface area (Å²) in [5.74, 6) is 0.255. The lowest BCUT2D eigenvalue weighted by Crippen LogP contribution is -2.12. The van der Waals surface area contributed by atoms with Gasteiger partial charge >= 0.3 is 0 Å². The maximum Gasteiger partial charge on any atom is 0.267 e. The van der Waals surface area contributed by atoms with Crippen molar-refractivity contribution in [3.8, 4) is 0 Å². The van der Waals surface area contributed by atoms with Gasteiger partial charge in [0, 0.05) is 0 Å². The van der Waals surface area contributed by atoms with E-state index < -0.39 is 0 Å². The second-order valence-electron chi connectivity index (χ2n) is 4.17. The number of anilines is 1. The summed E-state index contributed by atoms with van der Waals surface area (Å²) in [5, 5.41) is 14.2. The summed E-state index contributed by atoms with van der Waals surface area (Å²) in [4.78, 5) is 12.9. The topological polar surface area (TPSA) is 54.9 Å². The third-order valence-corrected chi connectivity index (χ3v) is 4.43. The molecule has 2 heterocycles. The third kappa shape index (κ3) is 2.76. The smallest absolute Gasteiger partial charge is 0.267 e. The van der Waals surface area contributed by atoms with E-state index in [1.54, 1.807) is 0 Å². The molecule has 18 heavy (non-hydrogen) atoms. The van der Waals surface area contributed by atoms with Crippen molar-refractivity contribution < 1.29 is 4.79 Å². The fourth-order valence-corrected chi connectivity index (χ4v) is 3.18. The molecule has 0 bridgehead atoms. The summed E-state index contributed by atoms with van der Waals surface area (Å²) >= 11 is 2.89. The highest BCUT2D eigenvalue weighted by Crippen LogP contribution is 2.26. The van der Waals surface area contributed by atoms with Crippen molar-refractivity contribution in [3.63, 3.8) is 0 Å². The SMILES string of the molecule is CCc1nnc(NC(=O)c2sccc2C(C)C)s1. The first-order valence-electron chi connectivity index (χ1n) is 5.83. The second-order valence-corrected chi connectivity index (χ2v) is 6.15. The van der Waals surface area contributed by atoms with E-state index in [1.165, 1.54) is 22.7 Å². The predicted octanol–water partition coefficient (Wildman–Crippen LogP) is 3.54. The molecule has 0 fully saturated rings. The average molecular weight is 281 g/mol. The molecule has 0 aliphatic heterocycles. The van der Waals surface area contributed by atoms with E-state index in [4.69, 9.17) is 0 Å². The molecule has 0 aliphatic rings. The first-order chi connectivity index (χ1) is 8.61. The quantitative estimate of drug-likeness (QED) is 0.932. The van der Waals surface area contributed by atoms with Crippen LogP contribution in [0.2, 0.25) is 0 Å². The van der Waals surface area contributed by atoms with Gasteiger partial charge in [-0.3, -0.25) is 10.1 Å². The standard InChI is InChI=1S/C12H15N3OS2/c1-4-9-14-15-12(18-9)13-11(16)10-8(7(2)3)5-6-17-10/h5-7H,4H2,1-3H3,(H,13,15,16). The van der Waals surface area contributed by atoms with Crippen LogP contribution < -0.4 is 5.32 Å². The normalized spacial score (nSPS) is 10.9. The van der Waals surface area contributed by atoms with Crippen LogP contribution in [0.1, 0.15) is 46.9 Å². The number of nitrogens with one attached hydrogen (secondary N) is 1. The van der Waals surface area contributed by atoms with Crippen LogP contribution in [0.25, 0.3) is 0 Å². The van der Waals surface area contributed by atoms with Crippen molar-refractivity contribution in [1.29, 1.82) is 0 Å². The molecule has 2 rings (SSSR count). The molecule has 2 aromatic heterocycles. The number of aromatic nitrogens is 2. The predicted molar refractivity (Wildman–Crippen MR) is 75.6 cm³/mol. The first-order valence-corrected chi connectivity index (χ1v) is 7.52. The molecule has 0 saturated carbocycles. The van der Waals surface area contributed by atoms with Gasteiger partial charge < -0.3 is 0 Å². The molecule has 0 saturated heterocycles. The van der Waals surface area contributed by atoms with E-state index in [1.807, 2.05) is 18.4 Å². The molecule has 0 aromatic carbocycles. The van der Waals surface area contributed by atoms with E-state index in [0.717, 1.165) is 21.9 Å². The summed E-state index contributed by atoms with van der Waals surface area (Å²) in [6.07, 6.45) is 0.837. The molecule has 4 nitrogen and oxygen atoms in total. The fraction of sp³-hybridized carbons (Fsp3) is 0.417. The van der Waals surface area contributed by atoms with Gasteiger partial charge in [-0.2, -0.15) is 0 Å². The summed E-state index contributed by atoms with van der Waals surface area (Å²) in [6, 6.07) is 2.00. The molecule has 0 atom stereocenters. The highest BCUT2D eigenvalue weighted by Gasteiger charge is 2.16. The minimum Gasteiger partial charge on any atom is -0.296 e. The van der Waals surface area contributed by atoms with Gasteiger partial charge in [0.15, 0.2) is 0 Å². The van der Waals surface area contributed by atoms with Gasteiger partial charge in [0.1, 0.15) is 5.01 Å².